The maximum absolute atomic E-state index is 10.4. The number of rotatable bonds is 4. The first-order chi connectivity index (χ1) is 7.17. The summed E-state index contributed by atoms with van der Waals surface area (Å²) in [6.45, 7) is 1.93. The lowest BCUT2D eigenvalue weighted by molar-refractivity contribution is -0.385. The number of hydrogen-bond donors (Lipinski definition) is 0. The van der Waals surface area contributed by atoms with Gasteiger partial charge in [-0.3, -0.25) is 15.1 Å². The first kappa shape index (κ1) is 11.1. The van der Waals surface area contributed by atoms with Gasteiger partial charge in [-0.05, 0) is 12.5 Å². The number of nitrogens with zero attached hydrogens (tertiary/aromatic N) is 3. The second-order valence-corrected chi connectivity index (χ2v) is 3.20. The van der Waals surface area contributed by atoms with Gasteiger partial charge in [-0.25, -0.2) is 0 Å². The molecule has 0 N–H and O–H groups in total. The van der Waals surface area contributed by atoms with E-state index in [1.807, 2.05) is 6.92 Å². The third-order valence-electron chi connectivity index (χ3n) is 2.15. The quantitative estimate of drug-likeness (QED) is 0.556. The Morgan fingerprint density at radius 3 is 2.80 bits per heavy atom. The molecule has 0 aliphatic rings. The Hall–Kier alpha value is -1.96. The molecule has 1 aromatic rings. The molecule has 0 fully saturated rings. The molecular formula is C10H11N3O2. The molecule has 5 nitrogen and oxygen atoms in total. The summed E-state index contributed by atoms with van der Waals surface area (Å²) in [5.74, 6) is -0.0704. The molecule has 5 heteroatoms. The normalized spacial score (nSPS) is 11.7. The molecular weight excluding hydrogens is 194 g/mol. The van der Waals surface area contributed by atoms with Crippen molar-refractivity contribution in [3.05, 3.63) is 34.1 Å². The van der Waals surface area contributed by atoms with Crippen molar-refractivity contribution < 1.29 is 4.92 Å². The van der Waals surface area contributed by atoms with Crippen molar-refractivity contribution >= 4 is 5.69 Å². The molecule has 15 heavy (non-hydrogen) atoms. The minimum absolute atomic E-state index is 0.0243. The fourth-order valence-corrected chi connectivity index (χ4v) is 1.18. The van der Waals surface area contributed by atoms with Crippen LogP contribution in [0.4, 0.5) is 5.69 Å². The lowest BCUT2D eigenvalue weighted by Crippen LogP contribution is -2.02. The molecule has 1 aromatic heterocycles. The van der Waals surface area contributed by atoms with Crippen LogP contribution in [0.1, 0.15) is 19.0 Å². The van der Waals surface area contributed by atoms with Crippen molar-refractivity contribution in [3.8, 4) is 6.07 Å². The van der Waals surface area contributed by atoms with E-state index >= 15 is 0 Å². The van der Waals surface area contributed by atoms with Gasteiger partial charge < -0.3 is 0 Å². The maximum Gasteiger partial charge on any atom is 0.287 e. The molecule has 0 spiro atoms. The minimum Gasteiger partial charge on any atom is -0.258 e. The Bertz CT molecular complexity index is 381. The van der Waals surface area contributed by atoms with Gasteiger partial charge in [0.15, 0.2) is 0 Å². The van der Waals surface area contributed by atoms with Crippen molar-refractivity contribution in [1.82, 2.24) is 4.98 Å². The smallest absolute Gasteiger partial charge is 0.258 e. The summed E-state index contributed by atoms with van der Waals surface area (Å²) in [6.07, 6.45) is 2.53. The Balaban J connectivity index is 2.73. The van der Waals surface area contributed by atoms with Gasteiger partial charge >= 0.3 is 0 Å². The highest BCUT2D eigenvalue weighted by Crippen LogP contribution is 2.13. The summed E-state index contributed by atoms with van der Waals surface area (Å²) in [6, 6.07) is 5.17. The van der Waals surface area contributed by atoms with E-state index in [-0.39, 0.29) is 11.6 Å². The molecule has 0 aliphatic carbocycles. The van der Waals surface area contributed by atoms with E-state index in [1.54, 1.807) is 6.07 Å². The molecule has 0 bridgehead atoms. The van der Waals surface area contributed by atoms with Crippen molar-refractivity contribution in [1.29, 1.82) is 5.26 Å². The number of pyridine rings is 1. The summed E-state index contributed by atoms with van der Waals surface area (Å²) in [5.41, 5.74) is 0.692. The van der Waals surface area contributed by atoms with Crippen LogP contribution in [0.5, 0.6) is 0 Å². The molecule has 0 aliphatic heterocycles. The molecule has 1 heterocycles. The lowest BCUT2D eigenvalue weighted by atomic mass is 10.0. The monoisotopic (exact) mass is 205 g/mol. The Labute approximate surface area is 87.5 Å². The number of nitriles is 1. The molecule has 1 atom stereocenters. The minimum atomic E-state index is -0.488. The Kier molecular flexibility index (Phi) is 3.75. The van der Waals surface area contributed by atoms with Gasteiger partial charge in [-0.2, -0.15) is 5.26 Å². The Morgan fingerprint density at radius 2 is 2.40 bits per heavy atom. The molecule has 0 aromatic carbocycles. The molecule has 78 valence electrons. The Morgan fingerprint density at radius 1 is 1.67 bits per heavy atom. The molecule has 1 rings (SSSR count). The maximum atomic E-state index is 10.4. The van der Waals surface area contributed by atoms with Crippen molar-refractivity contribution in [2.75, 3.05) is 0 Å². The molecule has 0 saturated carbocycles. The van der Waals surface area contributed by atoms with Crippen LogP contribution in [-0.2, 0) is 6.42 Å². The topological polar surface area (TPSA) is 79.8 Å². The van der Waals surface area contributed by atoms with Crippen LogP contribution in [0, 0.1) is 27.4 Å². The van der Waals surface area contributed by atoms with Gasteiger partial charge in [0.2, 0.25) is 0 Å². The van der Waals surface area contributed by atoms with Crippen LogP contribution in [-0.4, -0.2) is 9.91 Å². The molecule has 0 amide bonds. The molecule has 1 unspecified atom stereocenters. The molecule has 0 saturated heterocycles. The van der Waals surface area contributed by atoms with E-state index in [1.165, 1.54) is 12.3 Å². The predicted molar refractivity (Wildman–Crippen MR) is 54.0 cm³/mol. The highest BCUT2D eigenvalue weighted by Gasteiger charge is 2.09. The zero-order valence-corrected chi connectivity index (χ0v) is 8.38. The van der Waals surface area contributed by atoms with Crippen molar-refractivity contribution in [2.24, 2.45) is 5.92 Å². The van der Waals surface area contributed by atoms with Crippen LogP contribution >= 0.6 is 0 Å². The van der Waals surface area contributed by atoms with E-state index in [4.69, 9.17) is 5.26 Å². The third kappa shape index (κ3) is 3.02. The van der Waals surface area contributed by atoms with Crippen LogP contribution < -0.4 is 0 Å². The average Bonchev–Trinajstić information content (AvgIpc) is 2.26. The fraction of sp³-hybridized carbons (Fsp3) is 0.400. The van der Waals surface area contributed by atoms with Gasteiger partial charge in [0.25, 0.3) is 5.69 Å². The van der Waals surface area contributed by atoms with Gasteiger partial charge in [0.05, 0.1) is 16.9 Å². The van der Waals surface area contributed by atoms with Crippen LogP contribution in [0.3, 0.4) is 0 Å². The van der Waals surface area contributed by atoms with Crippen LogP contribution in [0.15, 0.2) is 18.3 Å². The van der Waals surface area contributed by atoms with Gasteiger partial charge in [-0.15, -0.1) is 0 Å². The van der Waals surface area contributed by atoms with Crippen molar-refractivity contribution in [3.63, 3.8) is 0 Å². The van der Waals surface area contributed by atoms with Crippen LogP contribution in [0.25, 0.3) is 0 Å². The fourth-order valence-electron chi connectivity index (χ4n) is 1.18. The lowest BCUT2D eigenvalue weighted by Gasteiger charge is -2.03. The summed E-state index contributed by atoms with van der Waals surface area (Å²) in [5, 5.41) is 19.1. The van der Waals surface area contributed by atoms with E-state index in [9.17, 15) is 10.1 Å². The summed E-state index contributed by atoms with van der Waals surface area (Å²) in [7, 11) is 0. The zero-order valence-electron chi connectivity index (χ0n) is 8.38. The SMILES string of the molecule is CCC(C#N)Cc1ccc([N+](=O)[O-])cn1. The standard InChI is InChI=1S/C10H11N3O2/c1-2-8(6-11)5-9-3-4-10(7-12-9)13(14)15/h3-4,7-8H,2,5H2,1H3. The van der Waals surface area contributed by atoms with Gasteiger partial charge in [0.1, 0.15) is 6.20 Å². The largest absolute Gasteiger partial charge is 0.287 e. The number of nitro groups is 1. The van der Waals surface area contributed by atoms with Gasteiger partial charge in [0, 0.05) is 18.2 Å². The zero-order chi connectivity index (χ0) is 11.3. The number of aromatic nitrogens is 1. The third-order valence-corrected chi connectivity index (χ3v) is 2.15. The summed E-state index contributed by atoms with van der Waals surface area (Å²) < 4.78 is 0. The van der Waals surface area contributed by atoms with E-state index in [0.29, 0.717) is 12.1 Å². The molecule has 0 radical (unpaired) electrons. The van der Waals surface area contributed by atoms with E-state index in [2.05, 4.69) is 11.1 Å². The van der Waals surface area contributed by atoms with Crippen molar-refractivity contribution in [2.45, 2.75) is 19.8 Å². The van der Waals surface area contributed by atoms with E-state index < -0.39 is 4.92 Å². The first-order valence-corrected chi connectivity index (χ1v) is 4.66. The van der Waals surface area contributed by atoms with Gasteiger partial charge in [-0.1, -0.05) is 6.92 Å². The average molecular weight is 205 g/mol. The highest BCUT2D eigenvalue weighted by atomic mass is 16.6. The van der Waals surface area contributed by atoms with E-state index in [0.717, 1.165) is 6.42 Å². The first-order valence-electron chi connectivity index (χ1n) is 4.66. The second-order valence-electron chi connectivity index (χ2n) is 3.20. The highest BCUT2D eigenvalue weighted by molar-refractivity contribution is 5.27. The second kappa shape index (κ2) is 5.05. The van der Waals surface area contributed by atoms with Crippen LogP contribution in [0.2, 0.25) is 0 Å². The predicted octanol–water partition coefficient (Wildman–Crippen LogP) is 2.08. The summed E-state index contributed by atoms with van der Waals surface area (Å²) >= 11 is 0. The summed E-state index contributed by atoms with van der Waals surface area (Å²) in [4.78, 5) is 13.8. The number of hydrogen-bond acceptors (Lipinski definition) is 4.